The summed E-state index contributed by atoms with van der Waals surface area (Å²) in [6.45, 7) is 5.83. The zero-order valence-corrected chi connectivity index (χ0v) is 17.8. The lowest BCUT2D eigenvalue weighted by Gasteiger charge is -2.13. The molecule has 0 aliphatic rings. The number of carbonyl (C=O) groups excluding carboxylic acids is 2. The standard InChI is InChI=1S/C24H23FN2O2S/c1-15-12-16(2)14-19(13-15)27-23(28)17(3)30-20-10-8-18(9-11-20)26-24(29)21-6-4-5-7-22(21)25/h4-14,17H,1-3H3,(H,26,29)(H,27,28). The van der Waals surface area contributed by atoms with Crippen molar-refractivity contribution in [3.63, 3.8) is 0 Å². The van der Waals surface area contributed by atoms with Gasteiger partial charge in [-0.2, -0.15) is 0 Å². The molecule has 0 aromatic heterocycles. The van der Waals surface area contributed by atoms with E-state index in [-0.39, 0.29) is 16.7 Å². The first-order chi connectivity index (χ1) is 14.3. The van der Waals surface area contributed by atoms with Gasteiger partial charge < -0.3 is 10.6 Å². The minimum absolute atomic E-state index is 0.00682. The number of amides is 2. The lowest BCUT2D eigenvalue weighted by atomic mass is 10.1. The number of anilines is 2. The van der Waals surface area contributed by atoms with Crippen LogP contribution in [0.5, 0.6) is 0 Å². The first-order valence-electron chi connectivity index (χ1n) is 9.53. The Hall–Kier alpha value is -3.12. The number of benzene rings is 3. The minimum atomic E-state index is -0.564. The van der Waals surface area contributed by atoms with Crippen LogP contribution in [0, 0.1) is 19.7 Å². The molecule has 0 radical (unpaired) electrons. The highest BCUT2D eigenvalue weighted by atomic mass is 32.2. The number of hydrogen-bond donors (Lipinski definition) is 2. The number of hydrogen-bond acceptors (Lipinski definition) is 3. The highest BCUT2D eigenvalue weighted by Crippen LogP contribution is 2.26. The molecule has 1 atom stereocenters. The maximum atomic E-state index is 13.7. The van der Waals surface area contributed by atoms with Gasteiger partial charge in [-0.05, 0) is 80.4 Å². The van der Waals surface area contributed by atoms with Gasteiger partial charge >= 0.3 is 0 Å². The van der Waals surface area contributed by atoms with Crippen molar-refractivity contribution < 1.29 is 14.0 Å². The molecule has 4 nitrogen and oxygen atoms in total. The fourth-order valence-electron chi connectivity index (χ4n) is 3.01. The van der Waals surface area contributed by atoms with Crippen molar-refractivity contribution >= 4 is 35.0 Å². The molecule has 1 unspecified atom stereocenters. The maximum absolute atomic E-state index is 13.7. The van der Waals surface area contributed by atoms with Crippen molar-refractivity contribution in [2.75, 3.05) is 10.6 Å². The van der Waals surface area contributed by atoms with Gasteiger partial charge in [0.25, 0.3) is 5.91 Å². The van der Waals surface area contributed by atoms with Gasteiger partial charge in [-0.1, -0.05) is 18.2 Å². The zero-order valence-electron chi connectivity index (χ0n) is 17.0. The molecule has 3 aromatic carbocycles. The summed E-state index contributed by atoms with van der Waals surface area (Å²) >= 11 is 1.42. The number of halogens is 1. The summed E-state index contributed by atoms with van der Waals surface area (Å²) in [5.74, 6) is -1.15. The molecule has 0 aliphatic heterocycles. The number of rotatable bonds is 6. The SMILES string of the molecule is Cc1cc(C)cc(NC(=O)C(C)Sc2ccc(NC(=O)c3ccccc3F)cc2)c1. The molecule has 0 spiro atoms. The molecular weight excluding hydrogens is 399 g/mol. The molecule has 30 heavy (non-hydrogen) atoms. The van der Waals surface area contributed by atoms with Crippen LogP contribution in [0.2, 0.25) is 0 Å². The Morgan fingerprint density at radius 2 is 1.50 bits per heavy atom. The van der Waals surface area contributed by atoms with Crippen molar-refractivity contribution in [1.29, 1.82) is 0 Å². The van der Waals surface area contributed by atoms with Crippen molar-refractivity contribution in [1.82, 2.24) is 0 Å². The Morgan fingerprint density at radius 1 is 0.867 bits per heavy atom. The van der Waals surface area contributed by atoms with Gasteiger partial charge in [-0.25, -0.2) is 4.39 Å². The van der Waals surface area contributed by atoms with Crippen molar-refractivity contribution in [2.24, 2.45) is 0 Å². The van der Waals surface area contributed by atoms with E-state index in [1.165, 1.54) is 30.0 Å². The molecule has 2 amide bonds. The Balaban J connectivity index is 1.58. The Morgan fingerprint density at radius 3 is 2.13 bits per heavy atom. The van der Waals surface area contributed by atoms with E-state index in [4.69, 9.17) is 0 Å². The number of thioether (sulfide) groups is 1. The second-order valence-corrected chi connectivity index (χ2v) is 8.50. The maximum Gasteiger partial charge on any atom is 0.258 e. The normalized spacial score (nSPS) is 11.6. The molecule has 3 aromatic rings. The molecule has 3 rings (SSSR count). The van der Waals surface area contributed by atoms with E-state index in [1.807, 2.05) is 45.0 Å². The van der Waals surface area contributed by atoms with Crippen molar-refractivity contribution in [2.45, 2.75) is 30.9 Å². The van der Waals surface area contributed by atoms with E-state index in [1.54, 1.807) is 18.2 Å². The fourth-order valence-corrected chi connectivity index (χ4v) is 3.88. The summed E-state index contributed by atoms with van der Waals surface area (Å²) < 4.78 is 13.7. The minimum Gasteiger partial charge on any atom is -0.325 e. The van der Waals surface area contributed by atoms with E-state index >= 15 is 0 Å². The Labute approximate surface area is 179 Å². The number of aryl methyl sites for hydroxylation is 2. The molecular formula is C24H23FN2O2S. The van der Waals surface area contributed by atoms with Crippen LogP contribution < -0.4 is 10.6 Å². The molecule has 2 N–H and O–H groups in total. The summed E-state index contributed by atoms with van der Waals surface area (Å²) in [6.07, 6.45) is 0. The Kier molecular flexibility index (Phi) is 6.90. The lowest BCUT2D eigenvalue weighted by Crippen LogP contribution is -2.22. The molecule has 0 heterocycles. The molecule has 0 saturated carbocycles. The lowest BCUT2D eigenvalue weighted by molar-refractivity contribution is -0.115. The first-order valence-corrected chi connectivity index (χ1v) is 10.4. The van der Waals surface area contributed by atoms with Gasteiger partial charge in [-0.15, -0.1) is 11.8 Å². The van der Waals surface area contributed by atoms with Gasteiger partial charge in [0, 0.05) is 16.3 Å². The van der Waals surface area contributed by atoms with Gasteiger partial charge in [-0.3, -0.25) is 9.59 Å². The summed E-state index contributed by atoms with van der Waals surface area (Å²) in [7, 11) is 0. The van der Waals surface area contributed by atoms with Gasteiger partial charge in [0.2, 0.25) is 5.91 Å². The molecule has 0 aliphatic carbocycles. The topological polar surface area (TPSA) is 58.2 Å². The second-order valence-electron chi connectivity index (χ2n) is 7.08. The highest BCUT2D eigenvalue weighted by molar-refractivity contribution is 8.00. The fraction of sp³-hybridized carbons (Fsp3) is 0.167. The van der Waals surface area contributed by atoms with E-state index in [9.17, 15) is 14.0 Å². The van der Waals surface area contributed by atoms with Crippen LogP contribution in [0.25, 0.3) is 0 Å². The van der Waals surface area contributed by atoms with E-state index in [0.717, 1.165) is 21.7 Å². The Bertz CT molecular complexity index is 1050. The monoisotopic (exact) mass is 422 g/mol. The van der Waals surface area contributed by atoms with E-state index in [0.29, 0.717) is 5.69 Å². The van der Waals surface area contributed by atoms with Crippen LogP contribution in [-0.2, 0) is 4.79 Å². The van der Waals surface area contributed by atoms with Gasteiger partial charge in [0.1, 0.15) is 5.82 Å². The zero-order chi connectivity index (χ0) is 21.7. The van der Waals surface area contributed by atoms with Crippen molar-refractivity contribution in [3.8, 4) is 0 Å². The summed E-state index contributed by atoms with van der Waals surface area (Å²) in [4.78, 5) is 25.6. The quantitative estimate of drug-likeness (QED) is 0.493. The summed E-state index contributed by atoms with van der Waals surface area (Å²) in [5, 5.41) is 5.33. The van der Waals surface area contributed by atoms with Gasteiger partial charge in [0.05, 0.1) is 10.8 Å². The van der Waals surface area contributed by atoms with Gasteiger partial charge in [0.15, 0.2) is 0 Å². The molecule has 154 valence electrons. The van der Waals surface area contributed by atoms with Crippen LogP contribution in [-0.4, -0.2) is 17.1 Å². The third-order valence-corrected chi connectivity index (χ3v) is 5.51. The second kappa shape index (κ2) is 9.59. The largest absolute Gasteiger partial charge is 0.325 e. The predicted octanol–water partition coefficient (Wildman–Crippen LogP) is 5.81. The first kappa shape index (κ1) is 21.6. The van der Waals surface area contributed by atoms with Crippen LogP contribution >= 0.6 is 11.8 Å². The average Bonchev–Trinajstić information content (AvgIpc) is 2.69. The molecule has 0 bridgehead atoms. The van der Waals surface area contributed by atoms with E-state index < -0.39 is 11.7 Å². The molecule has 0 fully saturated rings. The molecule has 0 saturated heterocycles. The number of nitrogens with one attached hydrogen (secondary N) is 2. The van der Waals surface area contributed by atoms with Crippen LogP contribution in [0.1, 0.15) is 28.4 Å². The third-order valence-electron chi connectivity index (χ3n) is 4.40. The predicted molar refractivity (Wildman–Crippen MR) is 121 cm³/mol. The van der Waals surface area contributed by atoms with Crippen LogP contribution in [0.3, 0.4) is 0 Å². The third kappa shape index (κ3) is 5.70. The van der Waals surface area contributed by atoms with Crippen molar-refractivity contribution in [3.05, 3.63) is 89.2 Å². The highest BCUT2D eigenvalue weighted by Gasteiger charge is 2.15. The van der Waals surface area contributed by atoms with Crippen LogP contribution in [0.4, 0.5) is 15.8 Å². The summed E-state index contributed by atoms with van der Waals surface area (Å²) in [5.41, 5.74) is 3.53. The number of carbonyl (C=O) groups is 2. The summed E-state index contributed by atoms with van der Waals surface area (Å²) in [6, 6.07) is 18.9. The van der Waals surface area contributed by atoms with E-state index in [2.05, 4.69) is 16.7 Å². The molecule has 6 heteroatoms. The van der Waals surface area contributed by atoms with Crippen LogP contribution in [0.15, 0.2) is 71.6 Å². The average molecular weight is 423 g/mol. The smallest absolute Gasteiger partial charge is 0.258 e.